The summed E-state index contributed by atoms with van der Waals surface area (Å²) in [6.45, 7) is 16.4. The van der Waals surface area contributed by atoms with Crippen molar-refractivity contribution in [1.82, 2.24) is 0 Å². The predicted molar refractivity (Wildman–Crippen MR) is 142 cm³/mol. The normalized spacial score (nSPS) is 9.69. The summed E-state index contributed by atoms with van der Waals surface area (Å²) in [7, 11) is -1.13. The summed E-state index contributed by atoms with van der Waals surface area (Å²) in [5, 5.41) is 32.5. The average molecular weight is 564 g/mol. The van der Waals surface area contributed by atoms with Crippen LogP contribution in [0.1, 0.15) is 22.3 Å². The number of hydrogen-bond donors (Lipinski definition) is 0. The van der Waals surface area contributed by atoms with E-state index in [4.69, 9.17) is 0 Å². The Morgan fingerprint density at radius 2 is 0.829 bits per heavy atom. The van der Waals surface area contributed by atoms with Gasteiger partial charge in [-0.05, 0) is 0 Å². The van der Waals surface area contributed by atoms with Gasteiger partial charge in [-0.1, -0.05) is 138 Å². The molecular formula is C30H36O3SiZr. The van der Waals surface area contributed by atoms with Gasteiger partial charge in [0, 0.05) is 0 Å². The van der Waals surface area contributed by atoms with Gasteiger partial charge in [-0.15, -0.1) is 17.2 Å². The largest absolute Gasteiger partial charge is 4.00 e. The molecule has 5 heteroatoms. The molecule has 3 nitrogen and oxygen atoms in total. The van der Waals surface area contributed by atoms with Crippen molar-refractivity contribution in [3.8, 4) is 17.2 Å². The Morgan fingerprint density at radius 3 is 0.943 bits per heavy atom. The molecule has 4 aromatic carbocycles. The Morgan fingerprint density at radius 1 is 0.543 bits per heavy atom. The minimum absolute atomic E-state index is 0. The van der Waals surface area contributed by atoms with Crippen LogP contribution in [0.4, 0.5) is 0 Å². The monoisotopic (exact) mass is 562 g/mol. The zero-order valence-electron chi connectivity index (χ0n) is 21.9. The van der Waals surface area contributed by atoms with Gasteiger partial charge < -0.3 is 15.3 Å². The van der Waals surface area contributed by atoms with E-state index >= 15 is 0 Å². The molecule has 4 aromatic rings. The molecule has 0 spiro atoms. The fourth-order valence-corrected chi connectivity index (χ4v) is 6.23. The first kappa shape index (κ1) is 32.5. The van der Waals surface area contributed by atoms with Gasteiger partial charge in [-0.2, -0.15) is 27.4 Å². The van der Waals surface area contributed by atoms with E-state index in [-0.39, 0.29) is 43.5 Å². The van der Waals surface area contributed by atoms with Crippen LogP contribution >= 0.6 is 0 Å². The molecule has 0 unspecified atom stereocenters. The molecule has 0 aliphatic heterocycles. The van der Waals surface area contributed by atoms with Crippen molar-refractivity contribution >= 4 is 13.3 Å². The maximum atomic E-state index is 10.3. The van der Waals surface area contributed by atoms with Gasteiger partial charge in [0.1, 0.15) is 0 Å². The maximum Gasteiger partial charge on any atom is 4.00 e. The van der Waals surface area contributed by atoms with Crippen LogP contribution in [0, 0.1) is 27.7 Å². The molecule has 182 valence electrons. The average Bonchev–Trinajstić information content (AvgIpc) is 2.99. The SMILES string of the molecule is Cc1c(C)c([Si](C)(C)C)[c-](C)c1C.[O-]c1ccccc1.[O-]c1ccccc1.[O-]c1ccccc1.[Zr+4]. The minimum Gasteiger partial charge on any atom is -0.872 e. The summed E-state index contributed by atoms with van der Waals surface area (Å²) < 4.78 is 0. The Bertz CT molecular complexity index is 973. The summed E-state index contributed by atoms with van der Waals surface area (Å²) in [6, 6.07) is 25.0. The summed E-state index contributed by atoms with van der Waals surface area (Å²) in [6.07, 6.45) is 0. The van der Waals surface area contributed by atoms with E-state index < -0.39 is 8.07 Å². The number of rotatable bonds is 1. The van der Waals surface area contributed by atoms with E-state index in [0.717, 1.165) is 0 Å². The second-order valence-corrected chi connectivity index (χ2v) is 14.1. The number of benzene rings is 3. The second-order valence-electron chi connectivity index (χ2n) is 9.06. The number of para-hydroxylation sites is 3. The van der Waals surface area contributed by atoms with E-state index in [2.05, 4.69) is 47.3 Å². The van der Waals surface area contributed by atoms with Crippen LogP contribution in [-0.4, -0.2) is 8.07 Å². The molecule has 0 atom stereocenters. The van der Waals surface area contributed by atoms with Crippen LogP contribution in [0.2, 0.25) is 19.6 Å². The van der Waals surface area contributed by atoms with Crippen molar-refractivity contribution in [2.45, 2.75) is 47.3 Å². The van der Waals surface area contributed by atoms with Crippen molar-refractivity contribution in [3.63, 3.8) is 0 Å². The van der Waals surface area contributed by atoms with Crippen LogP contribution in [0.3, 0.4) is 0 Å². The van der Waals surface area contributed by atoms with Crippen LogP contribution in [0.15, 0.2) is 91.0 Å². The van der Waals surface area contributed by atoms with E-state index in [1.54, 1.807) is 52.7 Å². The van der Waals surface area contributed by atoms with E-state index in [0.29, 0.717) is 0 Å². The topological polar surface area (TPSA) is 69.2 Å². The molecule has 0 radical (unpaired) electrons. The third-order valence-electron chi connectivity index (χ3n) is 5.42. The quantitative estimate of drug-likeness (QED) is 0.228. The van der Waals surface area contributed by atoms with Crippen molar-refractivity contribution in [1.29, 1.82) is 0 Å². The van der Waals surface area contributed by atoms with E-state index in [1.165, 1.54) is 47.5 Å². The molecule has 0 bridgehead atoms. The molecule has 0 saturated heterocycles. The minimum atomic E-state index is -1.13. The zero-order chi connectivity index (χ0) is 25.7. The molecule has 0 saturated carbocycles. The third-order valence-corrected chi connectivity index (χ3v) is 7.67. The molecule has 0 aliphatic carbocycles. The zero-order valence-corrected chi connectivity index (χ0v) is 25.3. The fraction of sp³-hybridized carbons (Fsp3) is 0.233. The molecule has 0 heterocycles. The smallest absolute Gasteiger partial charge is 0.872 e. The summed E-state index contributed by atoms with van der Waals surface area (Å²) in [5.74, 6) is 0.215. The maximum absolute atomic E-state index is 10.3. The first-order valence-corrected chi connectivity index (χ1v) is 14.8. The van der Waals surface area contributed by atoms with Crippen LogP contribution in [0.25, 0.3) is 0 Å². The van der Waals surface area contributed by atoms with Crippen LogP contribution in [0.5, 0.6) is 17.2 Å². The Hall–Kier alpha value is -2.49. The molecule has 0 amide bonds. The standard InChI is InChI=1S/C12H21Si.3C6H6O.Zr/c1-8-9(2)11(4)12(10(8)3)13(5,6)7;3*7-6-4-2-1-3-5-6;/h1-7H3;3*1-5,7H;/q-1;;;;+4/p-3. The van der Waals surface area contributed by atoms with Gasteiger partial charge in [0.05, 0.1) is 8.07 Å². The van der Waals surface area contributed by atoms with Gasteiger partial charge in [-0.3, -0.25) is 0 Å². The molecule has 0 fully saturated rings. The van der Waals surface area contributed by atoms with Gasteiger partial charge in [-0.25, -0.2) is 0 Å². The fourth-order valence-electron chi connectivity index (χ4n) is 3.61. The predicted octanol–water partition coefficient (Wildman–Crippen LogP) is 5.46. The van der Waals surface area contributed by atoms with Gasteiger partial charge in [0.2, 0.25) is 0 Å². The molecule has 0 N–H and O–H groups in total. The third kappa shape index (κ3) is 12.2. The van der Waals surface area contributed by atoms with E-state index in [9.17, 15) is 15.3 Å². The van der Waals surface area contributed by atoms with Crippen molar-refractivity contribution in [2.24, 2.45) is 0 Å². The van der Waals surface area contributed by atoms with Gasteiger partial charge in [0.15, 0.2) is 0 Å². The first-order chi connectivity index (χ1) is 15.9. The summed E-state index contributed by atoms with van der Waals surface area (Å²) in [4.78, 5) is 0. The Labute approximate surface area is 231 Å². The van der Waals surface area contributed by atoms with Crippen LogP contribution < -0.4 is 20.5 Å². The molecule has 4 rings (SSSR count). The Kier molecular flexibility index (Phi) is 15.1. The summed E-state index contributed by atoms with van der Waals surface area (Å²) >= 11 is 0. The van der Waals surface area contributed by atoms with Gasteiger partial charge >= 0.3 is 26.2 Å². The Balaban J connectivity index is 0.000000456. The van der Waals surface area contributed by atoms with Crippen molar-refractivity contribution in [3.05, 3.63) is 113 Å². The first-order valence-electron chi connectivity index (χ1n) is 11.3. The molecule has 0 aromatic heterocycles. The van der Waals surface area contributed by atoms with E-state index in [1.807, 2.05) is 18.2 Å². The number of hydrogen-bond acceptors (Lipinski definition) is 3. The van der Waals surface area contributed by atoms with Crippen molar-refractivity contribution < 1.29 is 41.5 Å². The molecular weight excluding hydrogens is 528 g/mol. The van der Waals surface area contributed by atoms with Gasteiger partial charge in [0.25, 0.3) is 0 Å². The molecule has 35 heavy (non-hydrogen) atoms. The van der Waals surface area contributed by atoms with Crippen molar-refractivity contribution in [2.75, 3.05) is 0 Å². The second kappa shape index (κ2) is 16.2. The summed E-state index contributed by atoms with van der Waals surface area (Å²) in [5.41, 5.74) is 6.12. The van der Waals surface area contributed by atoms with Crippen LogP contribution in [-0.2, 0) is 26.2 Å². The molecule has 0 aliphatic rings.